The van der Waals surface area contributed by atoms with Gasteiger partial charge in [0.2, 0.25) is 0 Å². The lowest BCUT2D eigenvalue weighted by Crippen LogP contribution is -2.21. The third-order valence-electron chi connectivity index (χ3n) is 13.1. The van der Waals surface area contributed by atoms with Gasteiger partial charge in [-0.05, 0) is 61.1 Å². The number of fused-ring (bicyclic) bond motifs is 1. The van der Waals surface area contributed by atoms with Gasteiger partial charge < -0.3 is 10.6 Å². The Morgan fingerprint density at radius 3 is 0.774 bits per heavy atom. The predicted octanol–water partition coefficient (Wildman–Crippen LogP) is 18.7. The van der Waals surface area contributed by atoms with Crippen molar-refractivity contribution in [3.63, 3.8) is 0 Å². The van der Waals surface area contributed by atoms with E-state index in [-0.39, 0.29) is 11.8 Å². The summed E-state index contributed by atoms with van der Waals surface area (Å²) in [5.74, 6) is -0.505. The topological polar surface area (TPSA) is 58.2 Å². The lowest BCUT2D eigenvalue weighted by atomic mass is 9.99. The average molecular weight is 1110 g/mol. The van der Waals surface area contributed by atoms with Crippen LogP contribution in [0.4, 0.5) is 0 Å². The maximum absolute atomic E-state index is 13.5. The van der Waals surface area contributed by atoms with E-state index in [4.69, 9.17) is 0 Å². The normalized spacial score (nSPS) is 13.8. The van der Waals surface area contributed by atoms with Crippen LogP contribution in [0.1, 0.15) is 242 Å². The van der Waals surface area contributed by atoms with Crippen molar-refractivity contribution in [3.8, 4) is 0 Å². The highest BCUT2D eigenvalue weighted by atomic mass is 79.9. The summed E-state index contributed by atoms with van der Waals surface area (Å²) in [5, 5.41) is 6.10. The predicted molar refractivity (Wildman–Crippen MR) is 280 cm³/mol. The first-order valence-electron chi connectivity index (χ1n) is 25.3. The molecule has 0 saturated heterocycles. The molecule has 2 heterocycles. The van der Waals surface area contributed by atoms with Crippen LogP contribution in [0.15, 0.2) is 53.3 Å². The van der Waals surface area contributed by atoms with Gasteiger partial charge in [-0.1, -0.05) is 270 Å². The number of benzene rings is 2. The van der Waals surface area contributed by atoms with Gasteiger partial charge in [0.1, 0.15) is 0 Å². The molecule has 0 fully saturated rings. The first-order chi connectivity index (χ1) is 30.3. The van der Waals surface area contributed by atoms with E-state index in [1.807, 2.05) is 24.3 Å². The second-order valence-corrected chi connectivity index (χ2v) is 21.8. The highest BCUT2D eigenvalue weighted by molar-refractivity contribution is 9.11. The number of rotatable bonds is 36. The van der Waals surface area contributed by atoms with E-state index in [1.165, 1.54) is 204 Å². The SMILES string of the molecule is CCCCCCCCCCCCCCCCCCc1c(Br)cc(C2=C3C(=O)NC(c4cc(Br)c(CCCCCCCCCCCCCCCCCC)c(Br)c4)=C3C(=O)N2)cc1Br. The third-order valence-corrected chi connectivity index (χ3v) is 15.9. The molecule has 0 atom stereocenters. The maximum atomic E-state index is 13.5. The van der Waals surface area contributed by atoms with Gasteiger partial charge in [-0.25, -0.2) is 0 Å². The molecule has 2 aliphatic heterocycles. The molecule has 2 aliphatic rings. The standard InChI is InChI=1S/C54H80Br4N2O2/c1-3-5-7-9-11-13-15-17-19-21-23-25-27-29-31-33-35-43-45(55)37-41(38-46(43)56)51-49-50(54(62)59-51)52(60-53(49)61)42-39-47(57)44(48(58)40-42)36-34-32-30-28-26-24-22-20-18-16-14-12-10-8-6-4-2/h37-40H,3-36H2,1-2H3,(H,59,62)(H,60,61). The molecule has 8 heteroatoms. The summed E-state index contributed by atoms with van der Waals surface area (Å²) < 4.78 is 3.98. The van der Waals surface area contributed by atoms with Crippen LogP contribution in [-0.4, -0.2) is 11.8 Å². The molecule has 4 nitrogen and oxygen atoms in total. The zero-order chi connectivity index (χ0) is 44.4. The molecule has 0 saturated carbocycles. The van der Waals surface area contributed by atoms with Crippen molar-refractivity contribution >= 4 is 86.9 Å². The molecule has 2 amide bonds. The minimum Gasteiger partial charge on any atom is -0.321 e. The fraction of sp³-hybridized carbons (Fsp3) is 0.667. The quantitative estimate of drug-likeness (QED) is 0.0668. The van der Waals surface area contributed by atoms with E-state index in [9.17, 15) is 9.59 Å². The van der Waals surface area contributed by atoms with Crippen molar-refractivity contribution in [3.05, 3.63) is 75.6 Å². The zero-order valence-corrected chi connectivity index (χ0v) is 45.0. The number of hydrogen-bond acceptors (Lipinski definition) is 2. The van der Waals surface area contributed by atoms with Crippen molar-refractivity contribution in [2.45, 2.75) is 232 Å². The Hall–Kier alpha value is -1.22. The first kappa shape index (κ1) is 53.4. The largest absolute Gasteiger partial charge is 0.321 e. The van der Waals surface area contributed by atoms with E-state index in [1.54, 1.807) is 0 Å². The van der Waals surface area contributed by atoms with Gasteiger partial charge in [-0.15, -0.1) is 0 Å². The Bertz CT molecular complexity index is 1560. The van der Waals surface area contributed by atoms with Crippen LogP contribution in [0.5, 0.6) is 0 Å². The third kappa shape index (κ3) is 18.6. The van der Waals surface area contributed by atoms with Gasteiger partial charge in [0.15, 0.2) is 0 Å². The molecule has 0 unspecified atom stereocenters. The number of nitrogens with one attached hydrogen (secondary N) is 2. The van der Waals surface area contributed by atoms with Crippen LogP contribution in [0.25, 0.3) is 11.4 Å². The second-order valence-electron chi connectivity index (χ2n) is 18.4. The Morgan fingerprint density at radius 2 is 0.548 bits per heavy atom. The molecule has 0 bridgehead atoms. The Kier molecular flexibility index (Phi) is 27.3. The number of halogens is 4. The van der Waals surface area contributed by atoms with Gasteiger partial charge >= 0.3 is 0 Å². The van der Waals surface area contributed by atoms with Gasteiger partial charge in [0, 0.05) is 29.0 Å². The summed E-state index contributed by atoms with van der Waals surface area (Å²) in [4.78, 5) is 27.1. The van der Waals surface area contributed by atoms with Crippen LogP contribution in [0, 0.1) is 0 Å². The van der Waals surface area contributed by atoms with Crippen LogP contribution < -0.4 is 10.6 Å². The Morgan fingerprint density at radius 1 is 0.339 bits per heavy atom. The minimum absolute atomic E-state index is 0.252. The molecule has 2 aromatic rings. The fourth-order valence-electron chi connectivity index (χ4n) is 9.29. The molecular weight excluding hydrogens is 1030 g/mol. The monoisotopic (exact) mass is 1100 g/mol. The smallest absolute Gasteiger partial charge is 0.258 e. The van der Waals surface area contributed by atoms with Crippen LogP contribution in [0.2, 0.25) is 0 Å². The average Bonchev–Trinajstić information content (AvgIpc) is 3.78. The number of unbranched alkanes of at least 4 members (excludes halogenated alkanes) is 30. The molecule has 0 aliphatic carbocycles. The molecule has 0 spiro atoms. The molecule has 4 rings (SSSR count). The van der Waals surface area contributed by atoms with Crippen LogP contribution in [0.3, 0.4) is 0 Å². The van der Waals surface area contributed by atoms with Crippen LogP contribution >= 0.6 is 63.7 Å². The van der Waals surface area contributed by atoms with Crippen molar-refractivity contribution in [1.82, 2.24) is 10.6 Å². The van der Waals surface area contributed by atoms with E-state index in [2.05, 4.69) is 88.2 Å². The Labute approximate surface area is 411 Å². The summed E-state index contributed by atoms with van der Waals surface area (Å²) in [5.41, 5.74) is 6.04. The van der Waals surface area contributed by atoms with Crippen molar-refractivity contribution in [1.29, 1.82) is 0 Å². The summed E-state index contributed by atoms with van der Waals surface area (Å²) in [6, 6.07) is 8.18. The highest BCUT2D eigenvalue weighted by Crippen LogP contribution is 2.41. The fourth-order valence-corrected chi connectivity index (χ4v) is 12.5. The van der Waals surface area contributed by atoms with Gasteiger partial charge in [0.05, 0.1) is 22.5 Å². The van der Waals surface area contributed by atoms with Gasteiger partial charge in [0.25, 0.3) is 11.8 Å². The number of amides is 2. The lowest BCUT2D eigenvalue weighted by Gasteiger charge is -2.13. The summed E-state index contributed by atoms with van der Waals surface area (Å²) >= 11 is 15.3. The molecule has 2 aromatic carbocycles. The summed E-state index contributed by atoms with van der Waals surface area (Å²) in [7, 11) is 0. The van der Waals surface area contributed by atoms with Crippen molar-refractivity contribution < 1.29 is 9.59 Å². The lowest BCUT2D eigenvalue weighted by molar-refractivity contribution is -0.117. The first-order valence-corrected chi connectivity index (χ1v) is 28.5. The van der Waals surface area contributed by atoms with E-state index < -0.39 is 0 Å². The van der Waals surface area contributed by atoms with Crippen molar-refractivity contribution in [2.24, 2.45) is 0 Å². The number of hydrogen-bond donors (Lipinski definition) is 2. The number of carbonyl (C=O) groups is 2. The molecule has 0 radical (unpaired) electrons. The highest BCUT2D eigenvalue weighted by Gasteiger charge is 2.41. The molecule has 346 valence electrons. The van der Waals surface area contributed by atoms with E-state index >= 15 is 0 Å². The van der Waals surface area contributed by atoms with Crippen LogP contribution in [-0.2, 0) is 22.4 Å². The van der Waals surface area contributed by atoms with Gasteiger partial charge in [-0.3, -0.25) is 9.59 Å². The summed E-state index contributed by atoms with van der Waals surface area (Å²) in [6.07, 6.45) is 45.5. The van der Waals surface area contributed by atoms with Gasteiger partial charge in [-0.2, -0.15) is 0 Å². The molecular formula is C54H80Br4N2O2. The molecule has 0 aromatic heterocycles. The van der Waals surface area contributed by atoms with Crippen molar-refractivity contribution in [2.75, 3.05) is 0 Å². The van der Waals surface area contributed by atoms with E-state index in [0.29, 0.717) is 22.5 Å². The number of carbonyl (C=O) groups excluding carboxylic acids is 2. The molecule has 2 N–H and O–H groups in total. The van der Waals surface area contributed by atoms with E-state index in [0.717, 1.165) is 54.7 Å². The zero-order valence-electron chi connectivity index (χ0n) is 38.7. The maximum Gasteiger partial charge on any atom is 0.258 e. The Balaban J connectivity index is 1.18. The summed E-state index contributed by atoms with van der Waals surface area (Å²) in [6.45, 7) is 4.58. The second kappa shape index (κ2) is 31.7. The molecule has 62 heavy (non-hydrogen) atoms. The minimum atomic E-state index is -0.252.